The van der Waals surface area contributed by atoms with Gasteiger partial charge in [0.05, 0.1) is 6.04 Å². The zero-order valence-electron chi connectivity index (χ0n) is 10.2. The van der Waals surface area contributed by atoms with Crippen molar-refractivity contribution in [3.63, 3.8) is 0 Å². The van der Waals surface area contributed by atoms with Crippen molar-refractivity contribution in [1.29, 1.82) is 0 Å². The molecule has 2 aromatic rings. The van der Waals surface area contributed by atoms with Crippen LogP contribution >= 0.6 is 0 Å². The van der Waals surface area contributed by atoms with E-state index in [0.717, 1.165) is 0 Å². The lowest BCUT2D eigenvalue weighted by atomic mass is 10.1. The monoisotopic (exact) mass is 269 g/mol. The van der Waals surface area contributed by atoms with Crippen LogP contribution in [-0.4, -0.2) is 16.8 Å². The van der Waals surface area contributed by atoms with Gasteiger partial charge in [-0.15, -0.1) is 0 Å². The summed E-state index contributed by atoms with van der Waals surface area (Å²) in [4.78, 5) is 4.08. The highest BCUT2D eigenvalue weighted by Gasteiger charge is 2.20. The first-order valence-corrected chi connectivity index (χ1v) is 5.73. The maximum absolute atomic E-state index is 12.3. The highest BCUT2D eigenvalue weighted by Crippen LogP contribution is 2.28. The Hall–Kier alpha value is -2.02. The summed E-state index contributed by atoms with van der Waals surface area (Å²) in [5, 5.41) is 3.73. The number of rotatable bonds is 5. The molecular formula is C12H13F2N3O2. The third-order valence-electron chi connectivity index (χ3n) is 2.53. The second-order valence-corrected chi connectivity index (χ2v) is 3.79. The lowest BCUT2D eigenvalue weighted by molar-refractivity contribution is -0.0505. The number of aryl methyl sites for hydroxylation is 1. The van der Waals surface area contributed by atoms with E-state index in [1.807, 2.05) is 6.92 Å². The lowest BCUT2D eigenvalue weighted by Gasteiger charge is -2.13. The SMILES string of the molecule is CCc1nc(C(N)c2ccccc2OC(F)F)no1. The Labute approximate surface area is 108 Å². The number of para-hydroxylation sites is 1. The zero-order valence-corrected chi connectivity index (χ0v) is 10.2. The summed E-state index contributed by atoms with van der Waals surface area (Å²) < 4.78 is 34.0. The Bertz CT molecular complexity index is 545. The molecule has 1 unspecified atom stereocenters. The number of halogens is 2. The Morgan fingerprint density at radius 1 is 1.37 bits per heavy atom. The largest absolute Gasteiger partial charge is 0.434 e. The number of nitrogens with two attached hydrogens (primary N) is 1. The highest BCUT2D eigenvalue weighted by molar-refractivity contribution is 5.38. The van der Waals surface area contributed by atoms with Crippen LogP contribution in [0.1, 0.15) is 30.2 Å². The van der Waals surface area contributed by atoms with Crippen molar-refractivity contribution in [2.24, 2.45) is 5.73 Å². The fourth-order valence-electron chi connectivity index (χ4n) is 1.62. The Morgan fingerprint density at radius 2 is 2.11 bits per heavy atom. The molecule has 0 aliphatic rings. The predicted molar refractivity (Wildman–Crippen MR) is 62.8 cm³/mol. The Morgan fingerprint density at radius 3 is 2.74 bits per heavy atom. The fourth-order valence-corrected chi connectivity index (χ4v) is 1.62. The standard InChI is InChI=1S/C12H13F2N3O2/c1-2-9-16-11(17-19-9)10(15)7-5-3-4-6-8(7)18-12(13)14/h3-6,10,12H,2,15H2,1H3. The summed E-state index contributed by atoms with van der Waals surface area (Å²) in [6.45, 7) is -1.05. The van der Waals surface area contributed by atoms with Crippen LogP contribution in [0.2, 0.25) is 0 Å². The van der Waals surface area contributed by atoms with Gasteiger partial charge in [-0.05, 0) is 6.07 Å². The van der Waals surface area contributed by atoms with E-state index in [4.69, 9.17) is 10.3 Å². The van der Waals surface area contributed by atoms with Gasteiger partial charge in [0.2, 0.25) is 5.89 Å². The molecule has 1 heterocycles. The second kappa shape index (κ2) is 5.75. The molecule has 0 fully saturated rings. The molecule has 2 rings (SSSR count). The first-order chi connectivity index (χ1) is 9.11. The maximum Gasteiger partial charge on any atom is 0.387 e. The van der Waals surface area contributed by atoms with Crippen molar-refractivity contribution < 1.29 is 18.0 Å². The minimum Gasteiger partial charge on any atom is -0.434 e. The van der Waals surface area contributed by atoms with Gasteiger partial charge in [-0.2, -0.15) is 13.8 Å². The summed E-state index contributed by atoms with van der Waals surface area (Å²) in [6, 6.07) is 5.49. The van der Waals surface area contributed by atoms with Crippen LogP contribution in [0.25, 0.3) is 0 Å². The molecule has 0 aliphatic carbocycles. The van der Waals surface area contributed by atoms with Crippen LogP contribution in [0.4, 0.5) is 8.78 Å². The molecule has 0 radical (unpaired) electrons. The van der Waals surface area contributed by atoms with E-state index >= 15 is 0 Å². The average Bonchev–Trinajstić information content (AvgIpc) is 2.86. The topological polar surface area (TPSA) is 74.2 Å². The maximum atomic E-state index is 12.3. The van der Waals surface area contributed by atoms with Gasteiger partial charge in [0.1, 0.15) is 5.75 Å². The average molecular weight is 269 g/mol. The third kappa shape index (κ3) is 3.05. The van der Waals surface area contributed by atoms with Gasteiger partial charge >= 0.3 is 6.61 Å². The minimum absolute atomic E-state index is 0.00727. The predicted octanol–water partition coefficient (Wildman–Crippen LogP) is 2.28. The van der Waals surface area contributed by atoms with E-state index in [1.54, 1.807) is 18.2 Å². The summed E-state index contributed by atoms with van der Waals surface area (Å²) in [7, 11) is 0. The van der Waals surface area contributed by atoms with Crippen molar-refractivity contribution in [3.05, 3.63) is 41.5 Å². The number of nitrogens with zero attached hydrogens (tertiary/aromatic N) is 2. The van der Waals surface area contributed by atoms with Gasteiger partial charge in [-0.1, -0.05) is 30.3 Å². The highest BCUT2D eigenvalue weighted by atomic mass is 19.3. The molecule has 1 aromatic carbocycles. The van der Waals surface area contributed by atoms with E-state index in [2.05, 4.69) is 14.9 Å². The van der Waals surface area contributed by atoms with Crippen LogP contribution in [-0.2, 0) is 6.42 Å². The molecule has 1 aromatic heterocycles. The minimum atomic E-state index is -2.91. The van der Waals surface area contributed by atoms with Gasteiger partial charge in [0.25, 0.3) is 0 Å². The number of aromatic nitrogens is 2. The molecule has 1 atom stereocenters. The van der Waals surface area contributed by atoms with Crippen LogP contribution in [0, 0.1) is 0 Å². The van der Waals surface area contributed by atoms with Gasteiger partial charge in [0.15, 0.2) is 5.82 Å². The Balaban J connectivity index is 2.29. The summed E-state index contributed by atoms with van der Waals surface area (Å²) >= 11 is 0. The van der Waals surface area contributed by atoms with Crippen molar-refractivity contribution in [2.45, 2.75) is 26.0 Å². The van der Waals surface area contributed by atoms with Crippen molar-refractivity contribution in [1.82, 2.24) is 10.1 Å². The Kier molecular flexibility index (Phi) is 4.06. The normalized spacial score (nSPS) is 12.7. The van der Waals surface area contributed by atoms with E-state index in [9.17, 15) is 8.78 Å². The molecule has 0 aliphatic heterocycles. The fraction of sp³-hybridized carbons (Fsp3) is 0.333. The smallest absolute Gasteiger partial charge is 0.387 e. The van der Waals surface area contributed by atoms with E-state index < -0.39 is 12.7 Å². The molecule has 19 heavy (non-hydrogen) atoms. The van der Waals surface area contributed by atoms with Crippen LogP contribution in [0.3, 0.4) is 0 Å². The molecule has 5 nitrogen and oxygen atoms in total. The molecule has 0 saturated carbocycles. The number of alkyl halides is 2. The van der Waals surface area contributed by atoms with E-state index in [-0.39, 0.29) is 11.6 Å². The molecule has 2 N–H and O–H groups in total. The molecule has 102 valence electrons. The molecule has 7 heteroatoms. The van der Waals surface area contributed by atoms with Gasteiger partial charge in [-0.25, -0.2) is 0 Å². The summed E-state index contributed by atoms with van der Waals surface area (Å²) in [5.74, 6) is 0.688. The number of benzene rings is 1. The van der Waals surface area contributed by atoms with Gasteiger partial charge in [-0.3, -0.25) is 0 Å². The second-order valence-electron chi connectivity index (χ2n) is 3.79. The van der Waals surface area contributed by atoms with Gasteiger partial charge < -0.3 is 15.0 Å². The quantitative estimate of drug-likeness (QED) is 0.901. The molecule has 0 saturated heterocycles. The van der Waals surface area contributed by atoms with Crippen molar-refractivity contribution in [3.8, 4) is 5.75 Å². The van der Waals surface area contributed by atoms with Crippen LogP contribution in [0.5, 0.6) is 5.75 Å². The molecule has 0 bridgehead atoms. The van der Waals surface area contributed by atoms with Crippen molar-refractivity contribution >= 4 is 0 Å². The third-order valence-corrected chi connectivity index (χ3v) is 2.53. The van der Waals surface area contributed by atoms with E-state index in [0.29, 0.717) is 17.9 Å². The van der Waals surface area contributed by atoms with Crippen LogP contribution < -0.4 is 10.5 Å². The first kappa shape index (κ1) is 13.4. The molecule has 0 amide bonds. The van der Waals surface area contributed by atoms with Crippen LogP contribution in [0.15, 0.2) is 28.8 Å². The van der Waals surface area contributed by atoms with E-state index in [1.165, 1.54) is 6.07 Å². The number of hydrogen-bond donors (Lipinski definition) is 1. The number of ether oxygens (including phenoxy) is 1. The molecular weight excluding hydrogens is 256 g/mol. The first-order valence-electron chi connectivity index (χ1n) is 5.73. The summed E-state index contributed by atoms with van der Waals surface area (Å²) in [6.07, 6.45) is 0.578. The molecule has 0 spiro atoms. The number of hydrogen-bond acceptors (Lipinski definition) is 5. The zero-order chi connectivity index (χ0) is 13.8. The van der Waals surface area contributed by atoms with Gasteiger partial charge in [0, 0.05) is 12.0 Å². The summed E-state index contributed by atoms with van der Waals surface area (Å²) in [5.41, 5.74) is 6.33. The lowest BCUT2D eigenvalue weighted by Crippen LogP contribution is -2.16. The van der Waals surface area contributed by atoms with Crippen molar-refractivity contribution in [2.75, 3.05) is 0 Å².